The first-order valence-electron chi connectivity index (χ1n) is 9.53. The Bertz CT molecular complexity index is 835. The number of nitrogens with one attached hydrogen (secondary N) is 3. The molecule has 0 aliphatic carbocycles. The number of hydrazine groups is 1. The molecule has 3 N–H and O–H groups in total. The molecule has 2 aromatic carbocycles. The van der Waals surface area contributed by atoms with Crippen LogP contribution in [0.4, 0.5) is 9.59 Å². The van der Waals surface area contributed by atoms with Crippen LogP contribution in [0.3, 0.4) is 0 Å². The van der Waals surface area contributed by atoms with Crippen molar-refractivity contribution in [1.82, 2.24) is 16.2 Å². The molecule has 0 aliphatic heterocycles. The fraction of sp³-hybridized carbons (Fsp3) is 0.318. The Morgan fingerprint density at radius 3 is 1.97 bits per heavy atom. The second kappa shape index (κ2) is 10.8. The number of amides is 3. The quantitative estimate of drug-likeness (QED) is 0.631. The highest BCUT2D eigenvalue weighted by atomic mass is 16.6. The molecule has 1 atom stereocenters. The zero-order valence-corrected chi connectivity index (χ0v) is 17.3. The van der Waals surface area contributed by atoms with Gasteiger partial charge in [-0.15, -0.1) is 0 Å². The SMILES string of the molecule is CC(C)(C)OC(=O)NNC(=O)[C@H](Cc1ccccc1)NC(=O)OCc1ccccc1. The number of rotatable bonds is 6. The van der Waals surface area contributed by atoms with E-state index in [-0.39, 0.29) is 13.0 Å². The third-order valence-corrected chi connectivity index (χ3v) is 3.79. The largest absolute Gasteiger partial charge is 0.445 e. The molecule has 0 saturated carbocycles. The van der Waals surface area contributed by atoms with Gasteiger partial charge in [0.05, 0.1) is 0 Å². The van der Waals surface area contributed by atoms with Crippen molar-refractivity contribution in [2.24, 2.45) is 0 Å². The Labute approximate surface area is 175 Å². The van der Waals surface area contributed by atoms with E-state index in [9.17, 15) is 14.4 Å². The van der Waals surface area contributed by atoms with Gasteiger partial charge >= 0.3 is 12.2 Å². The van der Waals surface area contributed by atoms with Gasteiger partial charge in [-0.05, 0) is 31.9 Å². The van der Waals surface area contributed by atoms with Crippen LogP contribution < -0.4 is 16.2 Å². The first kappa shape index (κ1) is 22.7. The van der Waals surface area contributed by atoms with Gasteiger partial charge < -0.3 is 14.8 Å². The van der Waals surface area contributed by atoms with Gasteiger partial charge in [-0.3, -0.25) is 10.2 Å². The van der Waals surface area contributed by atoms with E-state index in [0.717, 1.165) is 11.1 Å². The molecule has 0 radical (unpaired) electrons. The maximum atomic E-state index is 12.6. The topological polar surface area (TPSA) is 106 Å². The van der Waals surface area contributed by atoms with E-state index < -0.39 is 29.7 Å². The average Bonchev–Trinajstić information content (AvgIpc) is 2.70. The minimum atomic E-state index is -0.967. The fourth-order valence-electron chi connectivity index (χ4n) is 2.47. The molecule has 3 amide bonds. The molecule has 30 heavy (non-hydrogen) atoms. The molecule has 160 valence electrons. The van der Waals surface area contributed by atoms with Crippen molar-refractivity contribution in [1.29, 1.82) is 0 Å². The molecule has 8 heteroatoms. The summed E-state index contributed by atoms with van der Waals surface area (Å²) < 4.78 is 10.3. The summed E-state index contributed by atoms with van der Waals surface area (Å²) in [6.07, 6.45) is -1.34. The molecule has 0 heterocycles. The van der Waals surface area contributed by atoms with E-state index in [1.807, 2.05) is 60.7 Å². The van der Waals surface area contributed by atoms with E-state index >= 15 is 0 Å². The molecule has 8 nitrogen and oxygen atoms in total. The highest BCUT2D eigenvalue weighted by molar-refractivity contribution is 5.87. The number of hydrogen-bond acceptors (Lipinski definition) is 5. The number of benzene rings is 2. The summed E-state index contributed by atoms with van der Waals surface area (Å²) in [7, 11) is 0. The Kier molecular flexibility index (Phi) is 8.22. The van der Waals surface area contributed by atoms with Gasteiger partial charge in [0.15, 0.2) is 0 Å². The van der Waals surface area contributed by atoms with Gasteiger partial charge in [-0.1, -0.05) is 60.7 Å². The third kappa shape index (κ3) is 8.64. The summed E-state index contributed by atoms with van der Waals surface area (Å²) >= 11 is 0. The van der Waals surface area contributed by atoms with Gasteiger partial charge in [0.2, 0.25) is 0 Å². The second-order valence-corrected chi connectivity index (χ2v) is 7.56. The molecular formula is C22H27N3O5. The fourth-order valence-corrected chi connectivity index (χ4v) is 2.47. The Balaban J connectivity index is 1.96. The monoisotopic (exact) mass is 413 g/mol. The molecule has 2 rings (SSSR count). The Morgan fingerprint density at radius 2 is 1.40 bits per heavy atom. The lowest BCUT2D eigenvalue weighted by molar-refractivity contribution is -0.124. The van der Waals surface area contributed by atoms with Crippen LogP contribution in [-0.4, -0.2) is 29.7 Å². The van der Waals surface area contributed by atoms with Crippen LogP contribution in [0.5, 0.6) is 0 Å². The van der Waals surface area contributed by atoms with Crippen LogP contribution in [0.2, 0.25) is 0 Å². The minimum absolute atomic E-state index is 0.0719. The molecule has 2 aromatic rings. The summed E-state index contributed by atoms with van der Waals surface area (Å²) in [5, 5.41) is 2.54. The van der Waals surface area contributed by atoms with Crippen molar-refractivity contribution < 1.29 is 23.9 Å². The van der Waals surface area contributed by atoms with Gasteiger partial charge in [-0.2, -0.15) is 0 Å². The zero-order chi connectivity index (χ0) is 22.0. The highest BCUT2D eigenvalue weighted by Crippen LogP contribution is 2.07. The first-order valence-corrected chi connectivity index (χ1v) is 9.53. The number of alkyl carbamates (subject to hydrolysis) is 1. The Morgan fingerprint density at radius 1 is 0.833 bits per heavy atom. The van der Waals surface area contributed by atoms with Crippen LogP contribution in [0.15, 0.2) is 60.7 Å². The van der Waals surface area contributed by atoms with Crippen molar-refractivity contribution in [3.05, 3.63) is 71.8 Å². The van der Waals surface area contributed by atoms with Crippen molar-refractivity contribution in [2.45, 2.75) is 45.4 Å². The van der Waals surface area contributed by atoms with Crippen molar-refractivity contribution in [3.8, 4) is 0 Å². The van der Waals surface area contributed by atoms with Crippen LogP contribution in [-0.2, 0) is 27.3 Å². The lowest BCUT2D eigenvalue weighted by atomic mass is 10.1. The predicted molar refractivity (Wildman–Crippen MR) is 111 cm³/mol. The molecule has 0 unspecified atom stereocenters. The molecule has 0 aliphatic rings. The highest BCUT2D eigenvalue weighted by Gasteiger charge is 2.23. The minimum Gasteiger partial charge on any atom is -0.445 e. The van der Waals surface area contributed by atoms with E-state index in [4.69, 9.17) is 9.47 Å². The molecule has 0 saturated heterocycles. The van der Waals surface area contributed by atoms with Crippen LogP contribution in [0, 0.1) is 0 Å². The molecule has 0 spiro atoms. The molecule has 0 fully saturated rings. The third-order valence-electron chi connectivity index (χ3n) is 3.79. The molecular weight excluding hydrogens is 386 g/mol. The van der Waals surface area contributed by atoms with E-state index in [1.165, 1.54) is 0 Å². The predicted octanol–water partition coefficient (Wildman–Crippen LogP) is 3.08. The maximum Gasteiger partial charge on any atom is 0.426 e. The second-order valence-electron chi connectivity index (χ2n) is 7.56. The average molecular weight is 413 g/mol. The summed E-state index contributed by atoms with van der Waals surface area (Å²) in [6.45, 7) is 5.19. The molecule has 0 bridgehead atoms. The van der Waals surface area contributed by atoms with Gasteiger partial charge in [-0.25, -0.2) is 15.0 Å². The van der Waals surface area contributed by atoms with E-state index in [0.29, 0.717) is 0 Å². The Hall–Kier alpha value is -3.55. The van der Waals surface area contributed by atoms with Crippen molar-refractivity contribution >= 4 is 18.1 Å². The summed E-state index contributed by atoms with van der Waals surface area (Å²) in [5.74, 6) is -0.610. The lowest BCUT2D eigenvalue weighted by Gasteiger charge is -2.21. The number of carbonyl (C=O) groups is 3. The van der Waals surface area contributed by atoms with Crippen LogP contribution in [0.25, 0.3) is 0 Å². The lowest BCUT2D eigenvalue weighted by Crippen LogP contribution is -2.53. The number of hydrogen-bond donors (Lipinski definition) is 3. The first-order chi connectivity index (χ1) is 14.2. The summed E-state index contributed by atoms with van der Waals surface area (Å²) in [5.41, 5.74) is 5.40. The van der Waals surface area contributed by atoms with Gasteiger partial charge in [0.25, 0.3) is 5.91 Å². The van der Waals surface area contributed by atoms with Gasteiger partial charge in [0.1, 0.15) is 18.2 Å². The maximum absolute atomic E-state index is 12.6. The number of ether oxygens (including phenoxy) is 2. The summed E-state index contributed by atoms with van der Waals surface area (Å²) in [4.78, 5) is 36.6. The summed E-state index contributed by atoms with van der Waals surface area (Å²) in [6, 6.07) is 17.4. The van der Waals surface area contributed by atoms with E-state index in [2.05, 4.69) is 16.2 Å². The van der Waals surface area contributed by atoms with Gasteiger partial charge in [0, 0.05) is 6.42 Å². The van der Waals surface area contributed by atoms with E-state index in [1.54, 1.807) is 20.8 Å². The van der Waals surface area contributed by atoms with Crippen LogP contribution in [0.1, 0.15) is 31.9 Å². The molecule has 0 aromatic heterocycles. The smallest absolute Gasteiger partial charge is 0.426 e. The number of carbonyl (C=O) groups excluding carboxylic acids is 3. The zero-order valence-electron chi connectivity index (χ0n) is 17.3. The standard InChI is InChI=1S/C22H27N3O5/c1-22(2,3)30-21(28)25-24-19(26)18(14-16-10-6-4-7-11-16)23-20(27)29-15-17-12-8-5-9-13-17/h4-13,18H,14-15H2,1-3H3,(H,23,27)(H,24,26)(H,25,28)/t18-/m0/s1. The van der Waals surface area contributed by atoms with Crippen LogP contribution >= 0.6 is 0 Å². The van der Waals surface area contributed by atoms with Crippen molar-refractivity contribution in [2.75, 3.05) is 0 Å². The normalized spacial score (nSPS) is 11.7. The van der Waals surface area contributed by atoms with Crippen molar-refractivity contribution in [3.63, 3.8) is 0 Å².